The van der Waals surface area contributed by atoms with Crippen LogP contribution in [0.1, 0.15) is 6.92 Å². The van der Waals surface area contributed by atoms with E-state index in [1.54, 1.807) is 0 Å². The molecule has 3 N–H and O–H groups in total. The first-order valence-electron chi connectivity index (χ1n) is 4.22. The zero-order chi connectivity index (χ0) is 9.14. The zero-order valence-electron chi connectivity index (χ0n) is 7.18. The summed E-state index contributed by atoms with van der Waals surface area (Å²) in [5.74, 6) is -0.167. The van der Waals surface area contributed by atoms with Crippen LogP contribution in [0.2, 0.25) is 0 Å². The summed E-state index contributed by atoms with van der Waals surface area (Å²) in [6.07, 6.45) is -0.849. The monoisotopic (exact) mass is 176 g/mol. The van der Waals surface area contributed by atoms with E-state index in [0.29, 0.717) is 0 Å². The molecule has 4 atom stereocenters. The Bertz CT molecular complexity index is 139. The molecule has 0 aromatic heterocycles. The summed E-state index contributed by atoms with van der Waals surface area (Å²) in [6.45, 7) is 1.97. The van der Waals surface area contributed by atoms with E-state index in [2.05, 4.69) is 0 Å². The Balaban J connectivity index is 2.56. The van der Waals surface area contributed by atoms with Crippen molar-refractivity contribution < 1.29 is 20.1 Å². The van der Waals surface area contributed by atoms with Crippen molar-refractivity contribution in [1.82, 2.24) is 0 Å². The van der Waals surface area contributed by atoms with Gasteiger partial charge < -0.3 is 20.1 Å². The van der Waals surface area contributed by atoms with Crippen molar-refractivity contribution in [3.05, 3.63) is 0 Å². The van der Waals surface area contributed by atoms with E-state index < -0.39 is 6.10 Å². The van der Waals surface area contributed by atoms with Crippen LogP contribution >= 0.6 is 0 Å². The van der Waals surface area contributed by atoms with Gasteiger partial charge in [-0.25, -0.2) is 0 Å². The van der Waals surface area contributed by atoms with E-state index in [1.165, 1.54) is 0 Å². The summed E-state index contributed by atoms with van der Waals surface area (Å²) in [5, 5.41) is 27.2. The number of hydrogen-bond acceptors (Lipinski definition) is 4. The molecule has 1 heterocycles. The molecule has 1 aliphatic heterocycles. The molecule has 0 saturated carbocycles. The van der Waals surface area contributed by atoms with E-state index in [4.69, 9.17) is 14.9 Å². The van der Waals surface area contributed by atoms with Gasteiger partial charge in [-0.05, 0) is 5.92 Å². The normalized spacial score (nSPS) is 43.0. The number of ether oxygens (including phenoxy) is 1. The summed E-state index contributed by atoms with van der Waals surface area (Å²) >= 11 is 0. The second-order valence-electron chi connectivity index (χ2n) is 3.33. The Morgan fingerprint density at radius 2 is 2.00 bits per heavy atom. The highest BCUT2D eigenvalue weighted by molar-refractivity contribution is 4.83. The van der Waals surface area contributed by atoms with Gasteiger partial charge in [0.2, 0.25) is 0 Å². The molecule has 2 unspecified atom stereocenters. The minimum atomic E-state index is -0.604. The van der Waals surface area contributed by atoms with Crippen molar-refractivity contribution in [2.24, 2.45) is 11.8 Å². The van der Waals surface area contributed by atoms with Crippen LogP contribution in [0.25, 0.3) is 0 Å². The largest absolute Gasteiger partial charge is 0.396 e. The highest BCUT2D eigenvalue weighted by Crippen LogP contribution is 2.26. The SMILES string of the molecule is CC1[C@H](CO)C(O)CO[C@@H]1CO. The third kappa shape index (κ3) is 1.77. The van der Waals surface area contributed by atoms with E-state index in [1.807, 2.05) is 6.92 Å². The van der Waals surface area contributed by atoms with Crippen LogP contribution in [0.4, 0.5) is 0 Å². The van der Waals surface area contributed by atoms with Crippen LogP contribution in [-0.2, 0) is 4.74 Å². The van der Waals surface area contributed by atoms with Gasteiger partial charge in [0.05, 0.1) is 25.4 Å². The van der Waals surface area contributed by atoms with Crippen molar-refractivity contribution >= 4 is 0 Å². The minimum Gasteiger partial charge on any atom is -0.396 e. The molecule has 0 aromatic carbocycles. The minimum absolute atomic E-state index is 0.00347. The second kappa shape index (κ2) is 4.18. The fourth-order valence-corrected chi connectivity index (χ4v) is 1.63. The van der Waals surface area contributed by atoms with Gasteiger partial charge in [0.15, 0.2) is 0 Å². The van der Waals surface area contributed by atoms with Gasteiger partial charge in [0.25, 0.3) is 0 Å². The summed E-state index contributed by atoms with van der Waals surface area (Å²) in [4.78, 5) is 0. The van der Waals surface area contributed by atoms with Gasteiger partial charge in [0.1, 0.15) is 0 Å². The average Bonchev–Trinajstić information content (AvgIpc) is 2.06. The van der Waals surface area contributed by atoms with Crippen molar-refractivity contribution in [1.29, 1.82) is 0 Å². The van der Waals surface area contributed by atoms with Crippen LogP contribution in [0.15, 0.2) is 0 Å². The summed E-state index contributed by atoms with van der Waals surface area (Å²) in [7, 11) is 0. The lowest BCUT2D eigenvalue weighted by molar-refractivity contribution is -0.144. The first-order valence-corrected chi connectivity index (χ1v) is 4.22. The first-order chi connectivity index (χ1) is 5.70. The fraction of sp³-hybridized carbons (Fsp3) is 1.00. The molecule has 1 fully saturated rings. The Kier molecular flexibility index (Phi) is 3.46. The smallest absolute Gasteiger partial charge is 0.0836 e. The lowest BCUT2D eigenvalue weighted by Gasteiger charge is -2.37. The lowest BCUT2D eigenvalue weighted by Crippen LogP contribution is -2.47. The standard InChI is InChI=1S/C8H16O4/c1-5-6(2-9)7(11)4-12-8(5)3-10/h5-11H,2-4H2,1H3/t5?,6-,7?,8+/m0/s1. The molecular formula is C8H16O4. The van der Waals surface area contributed by atoms with Crippen LogP contribution < -0.4 is 0 Å². The van der Waals surface area contributed by atoms with E-state index >= 15 is 0 Å². The molecule has 0 aliphatic carbocycles. The number of rotatable bonds is 2. The maximum Gasteiger partial charge on any atom is 0.0836 e. The molecule has 12 heavy (non-hydrogen) atoms. The van der Waals surface area contributed by atoms with Gasteiger partial charge in [-0.1, -0.05) is 6.92 Å². The van der Waals surface area contributed by atoms with Gasteiger partial charge in [-0.15, -0.1) is 0 Å². The zero-order valence-corrected chi connectivity index (χ0v) is 7.18. The van der Waals surface area contributed by atoms with Gasteiger partial charge in [-0.2, -0.15) is 0 Å². The van der Waals surface area contributed by atoms with Crippen molar-refractivity contribution in [3.63, 3.8) is 0 Å². The molecule has 4 nitrogen and oxygen atoms in total. The molecule has 1 rings (SSSR count). The first kappa shape index (κ1) is 9.92. The van der Waals surface area contributed by atoms with Gasteiger partial charge >= 0.3 is 0 Å². The predicted octanol–water partition coefficient (Wildman–Crippen LogP) is -1.02. The van der Waals surface area contributed by atoms with Crippen LogP contribution in [-0.4, -0.2) is 47.3 Å². The van der Waals surface area contributed by atoms with E-state index in [9.17, 15) is 5.11 Å². The molecule has 0 aromatic rings. The van der Waals surface area contributed by atoms with E-state index in [-0.39, 0.29) is 37.8 Å². The predicted molar refractivity (Wildman–Crippen MR) is 42.6 cm³/mol. The maximum absolute atomic E-state index is 9.39. The molecule has 0 radical (unpaired) electrons. The van der Waals surface area contributed by atoms with Crippen LogP contribution in [0, 0.1) is 11.8 Å². The molecule has 0 amide bonds. The number of hydrogen-bond donors (Lipinski definition) is 3. The van der Waals surface area contributed by atoms with Gasteiger partial charge in [0, 0.05) is 12.5 Å². The Morgan fingerprint density at radius 3 is 2.50 bits per heavy atom. The third-order valence-electron chi connectivity index (χ3n) is 2.63. The van der Waals surface area contributed by atoms with Crippen molar-refractivity contribution in [2.45, 2.75) is 19.1 Å². The Labute approximate surface area is 71.8 Å². The number of aliphatic hydroxyl groups is 3. The second-order valence-corrected chi connectivity index (χ2v) is 3.33. The van der Waals surface area contributed by atoms with Crippen molar-refractivity contribution in [2.75, 3.05) is 19.8 Å². The molecule has 72 valence electrons. The molecule has 4 heteroatoms. The van der Waals surface area contributed by atoms with Crippen LogP contribution in [0.3, 0.4) is 0 Å². The number of aliphatic hydroxyl groups excluding tert-OH is 3. The molecular weight excluding hydrogens is 160 g/mol. The maximum atomic E-state index is 9.39. The Morgan fingerprint density at radius 1 is 1.33 bits per heavy atom. The van der Waals surface area contributed by atoms with Crippen LogP contribution in [0.5, 0.6) is 0 Å². The lowest BCUT2D eigenvalue weighted by atomic mass is 9.84. The average molecular weight is 176 g/mol. The molecule has 0 bridgehead atoms. The highest BCUT2D eigenvalue weighted by atomic mass is 16.5. The summed E-state index contributed by atoms with van der Waals surface area (Å²) in [6, 6.07) is 0. The topological polar surface area (TPSA) is 69.9 Å². The molecule has 1 aliphatic rings. The third-order valence-corrected chi connectivity index (χ3v) is 2.63. The van der Waals surface area contributed by atoms with Crippen molar-refractivity contribution in [3.8, 4) is 0 Å². The highest BCUT2D eigenvalue weighted by Gasteiger charge is 2.35. The van der Waals surface area contributed by atoms with Gasteiger partial charge in [-0.3, -0.25) is 0 Å². The van der Waals surface area contributed by atoms with E-state index in [0.717, 1.165) is 0 Å². The summed E-state index contributed by atoms with van der Waals surface area (Å²) < 4.78 is 5.17. The molecule has 1 saturated heterocycles. The Hall–Kier alpha value is -0.160. The quantitative estimate of drug-likeness (QED) is 0.504. The summed E-state index contributed by atoms with van der Waals surface area (Å²) in [5.41, 5.74) is 0. The fourth-order valence-electron chi connectivity index (χ4n) is 1.63. The molecule has 0 spiro atoms.